The lowest BCUT2D eigenvalue weighted by molar-refractivity contribution is -0.124. The van der Waals surface area contributed by atoms with Gasteiger partial charge in [0.05, 0.1) is 18.7 Å². The van der Waals surface area contributed by atoms with Crippen LogP contribution in [0.1, 0.15) is 62.5 Å². The number of aromatic amines is 1. The molecule has 1 saturated heterocycles. The van der Waals surface area contributed by atoms with Crippen LogP contribution in [0.5, 0.6) is 5.75 Å². The van der Waals surface area contributed by atoms with Gasteiger partial charge in [-0.05, 0) is 55.7 Å². The number of H-pyrrole nitrogens is 1. The highest BCUT2D eigenvalue weighted by atomic mass is 16.5. The minimum Gasteiger partial charge on any atom is -0.496 e. The molecule has 3 atom stereocenters. The number of nitriles is 1. The fraction of sp³-hybridized carbons (Fsp3) is 0.538. The Kier molecular flexibility index (Phi) is 8.05. The fourth-order valence-corrected chi connectivity index (χ4v) is 4.42. The van der Waals surface area contributed by atoms with Crippen LogP contribution >= 0.6 is 0 Å². The molecule has 3 rings (SSSR count). The maximum atomic E-state index is 13.2. The normalized spacial score (nSPS) is 17.4. The summed E-state index contributed by atoms with van der Waals surface area (Å²) in [5.41, 5.74) is 1.84. The SMILES string of the molecule is COc1ccc(C)c2[nH]c(C(=O)N[C@@H](CC(C)(C)C)C(=O)N[C@H](C#N)CC[C@@H]3CCNC3=O)cc12. The van der Waals surface area contributed by atoms with Crippen LogP contribution in [0, 0.1) is 29.6 Å². The zero-order chi connectivity index (χ0) is 25.8. The first-order valence-electron chi connectivity index (χ1n) is 12.0. The van der Waals surface area contributed by atoms with E-state index in [0.717, 1.165) is 22.9 Å². The number of carbonyl (C=O) groups is 3. The second-order valence-corrected chi connectivity index (χ2v) is 10.4. The largest absolute Gasteiger partial charge is 0.496 e. The van der Waals surface area contributed by atoms with Crippen LogP contribution in [0.15, 0.2) is 18.2 Å². The summed E-state index contributed by atoms with van der Waals surface area (Å²) in [6.45, 7) is 8.53. The molecule has 4 N–H and O–H groups in total. The van der Waals surface area contributed by atoms with Crippen LogP contribution in [-0.4, -0.2) is 48.4 Å². The molecular weight excluding hydrogens is 446 g/mol. The number of aryl methyl sites for hydroxylation is 1. The molecule has 35 heavy (non-hydrogen) atoms. The van der Waals surface area contributed by atoms with E-state index in [4.69, 9.17) is 4.74 Å². The first-order chi connectivity index (χ1) is 16.5. The Hall–Kier alpha value is -3.54. The fourth-order valence-electron chi connectivity index (χ4n) is 4.42. The van der Waals surface area contributed by atoms with Crippen molar-refractivity contribution in [3.63, 3.8) is 0 Å². The third-order valence-corrected chi connectivity index (χ3v) is 6.30. The predicted octanol–water partition coefficient (Wildman–Crippen LogP) is 2.94. The van der Waals surface area contributed by atoms with Gasteiger partial charge in [0.25, 0.3) is 5.91 Å². The third kappa shape index (κ3) is 6.53. The lowest BCUT2D eigenvalue weighted by atomic mass is 9.87. The van der Waals surface area contributed by atoms with E-state index in [1.807, 2.05) is 39.8 Å². The van der Waals surface area contributed by atoms with Crippen LogP contribution in [0.25, 0.3) is 10.9 Å². The number of nitrogens with zero attached hydrogens (tertiary/aromatic N) is 1. The predicted molar refractivity (Wildman–Crippen MR) is 133 cm³/mol. The lowest BCUT2D eigenvalue weighted by Crippen LogP contribution is -2.51. The summed E-state index contributed by atoms with van der Waals surface area (Å²) >= 11 is 0. The van der Waals surface area contributed by atoms with E-state index >= 15 is 0 Å². The van der Waals surface area contributed by atoms with E-state index in [1.54, 1.807) is 13.2 Å². The van der Waals surface area contributed by atoms with Gasteiger partial charge in [0, 0.05) is 17.8 Å². The van der Waals surface area contributed by atoms with Crippen LogP contribution in [0.3, 0.4) is 0 Å². The zero-order valence-electron chi connectivity index (χ0n) is 21.1. The number of aromatic nitrogens is 1. The molecule has 2 heterocycles. The summed E-state index contributed by atoms with van der Waals surface area (Å²) in [5.74, 6) is -0.312. The summed E-state index contributed by atoms with van der Waals surface area (Å²) in [7, 11) is 1.57. The number of hydrogen-bond donors (Lipinski definition) is 4. The third-order valence-electron chi connectivity index (χ3n) is 6.30. The molecule has 1 fully saturated rings. The van der Waals surface area contributed by atoms with Crippen molar-refractivity contribution in [1.29, 1.82) is 5.26 Å². The number of methoxy groups -OCH3 is 1. The topological polar surface area (TPSA) is 136 Å². The number of fused-ring (bicyclic) bond motifs is 1. The molecule has 2 aromatic rings. The molecule has 1 aliphatic rings. The molecule has 0 saturated carbocycles. The molecule has 0 spiro atoms. The molecule has 3 amide bonds. The van der Waals surface area contributed by atoms with Gasteiger partial charge in [-0.3, -0.25) is 14.4 Å². The second kappa shape index (κ2) is 10.8. The Bertz CT molecular complexity index is 1140. The molecule has 1 aromatic carbocycles. The van der Waals surface area contributed by atoms with E-state index in [1.165, 1.54) is 0 Å². The number of ether oxygens (including phenoxy) is 1. The molecule has 0 radical (unpaired) electrons. The number of nitrogens with one attached hydrogen (secondary N) is 4. The van der Waals surface area contributed by atoms with E-state index < -0.39 is 23.9 Å². The van der Waals surface area contributed by atoms with Gasteiger partial charge >= 0.3 is 0 Å². The minimum absolute atomic E-state index is 0.00362. The number of carbonyl (C=O) groups excluding carboxylic acids is 3. The van der Waals surface area contributed by atoms with Crippen molar-refractivity contribution < 1.29 is 19.1 Å². The minimum atomic E-state index is -0.831. The molecule has 9 heteroatoms. The van der Waals surface area contributed by atoms with Gasteiger partial charge in [-0.2, -0.15) is 5.26 Å². The average Bonchev–Trinajstić information content (AvgIpc) is 3.42. The maximum Gasteiger partial charge on any atom is 0.268 e. The van der Waals surface area contributed by atoms with Gasteiger partial charge in [-0.25, -0.2) is 0 Å². The lowest BCUT2D eigenvalue weighted by Gasteiger charge is -2.27. The molecule has 0 aliphatic carbocycles. The monoisotopic (exact) mass is 481 g/mol. The van der Waals surface area contributed by atoms with Crippen molar-refractivity contribution in [3.05, 3.63) is 29.5 Å². The highest BCUT2D eigenvalue weighted by Crippen LogP contribution is 2.29. The quantitative estimate of drug-likeness (QED) is 0.437. The van der Waals surface area contributed by atoms with E-state index in [9.17, 15) is 19.6 Å². The number of hydrogen-bond acceptors (Lipinski definition) is 5. The summed E-state index contributed by atoms with van der Waals surface area (Å²) < 4.78 is 5.41. The Labute approximate surface area is 206 Å². The van der Waals surface area contributed by atoms with Gasteiger partial charge < -0.3 is 25.7 Å². The Morgan fingerprint density at radius 3 is 2.63 bits per heavy atom. The van der Waals surface area contributed by atoms with Crippen molar-refractivity contribution in [3.8, 4) is 11.8 Å². The Morgan fingerprint density at radius 1 is 1.29 bits per heavy atom. The van der Waals surface area contributed by atoms with E-state index in [-0.39, 0.29) is 17.2 Å². The number of rotatable bonds is 9. The zero-order valence-corrected chi connectivity index (χ0v) is 21.1. The molecular formula is C26H35N5O4. The van der Waals surface area contributed by atoms with Crippen molar-refractivity contribution in [2.75, 3.05) is 13.7 Å². The van der Waals surface area contributed by atoms with Crippen molar-refractivity contribution in [2.24, 2.45) is 11.3 Å². The van der Waals surface area contributed by atoms with Gasteiger partial charge in [-0.1, -0.05) is 26.8 Å². The van der Waals surface area contributed by atoms with Gasteiger partial charge in [0.15, 0.2) is 0 Å². The van der Waals surface area contributed by atoms with Gasteiger partial charge in [0.2, 0.25) is 11.8 Å². The van der Waals surface area contributed by atoms with Crippen molar-refractivity contribution in [1.82, 2.24) is 20.9 Å². The Morgan fingerprint density at radius 2 is 2.03 bits per heavy atom. The van der Waals surface area contributed by atoms with Crippen LogP contribution < -0.4 is 20.7 Å². The molecule has 188 valence electrons. The summed E-state index contributed by atoms with van der Waals surface area (Å²) in [5, 5.41) is 18.8. The number of benzene rings is 1. The van der Waals surface area contributed by atoms with Crippen LogP contribution in [0.4, 0.5) is 0 Å². The van der Waals surface area contributed by atoms with Gasteiger partial charge in [-0.15, -0.1) is 0 Å². The summed E-state index contributed by atoms with van der Waals surface area (Å²) in [6.07, 6.45) is 2.02. The smallest absolute Gasteiger partial charge is 0.268 e. The maximum absolute atomic E-state index is 13.2. The molecule has 1 aromatic heterocycles. The summed E-state index contributed by atoms with van der Waals surface area (Å²) in [6, 6.07) is 6.02. The number of amides is 3. The first kappa shape index (κ1) is 26.1. The van der Waals surface area contributed by atoms with E-state index in [0.29, 0.717) is 37.3 Å². The highest BCUT2D eigenvalue weighted by molar-refractivity contribution is 6.02. The summed E-state index contributed by atoms with van der Waals surface area (Å²) in [4.78, 5) is 41.2. The highest BCUT2D eigenvalue weighted by Gasteiger charge is 2.30. The average molecular weight is 482 g/mol. The second-order valence-electron chi connectivity index (χ2n) is 10.4. The van der Waals surface area contributed by atoms with E-state index in [2.05, 4.69) is 27.0 Å². The first-order valence-corrected chi connectivity index (χ1v) is 12.0. The van der Waals surface area contributed by atoms with Crippen molar-refractivity contribution in [2.45, 2.75) is 65.5 Å². The molecule has 0 bridgehead atoms. The Balaban J connectivity index is 1.73. The van der Waals surface area contributed by atoms with Crippen LogP contribution in [-0.2, 0) is 9.59 Å². The molecule has 1 aliphatic heterocycles. The molecule has 0 unspecified atom stereocenters. The van der Waals surface area contributed by atoms with Crippen LogP contribution in [0.2, 0.25) is 0 Å². The van der Waals surface area contributed by atoms with Gasteiger partial charge in [0.1, 0.15) is 23.5 Å². The standard InChI is InChI=1S/C26H35N5O4/c1-15-6-9-21(35-5)18-12-19(30-22(15)18)24(33)31-20(13-26(2,3)4)25(34)29-17(14-27)8-7-16-10-11-28-23(16)32/h6,9,12,16-17,20,30H,7-8,10-11,13H2,1-5H3,(H,28,32)(H,29,34)(H,31,33)/t16-,17+,20+/m1/s1. The van der Waals surface area contributed by atoms with Crippen molar-refractivity contribution >= 4 is 28.6 Å². The molecule has 9 nitrogen and oxygen atoms in total.